The lowest BCUT2D eigenvalue weighted by atomic mass is 9.96. The Morgan fingerprint density at radius 3 is 2.64 bits per heavy atom. The number of carbonyl (C=O) groups is 1. The average Bonchev–Trinajstić information content (AvgIpc) is 3.15. The quantitative estimate of drug-likeness (QED) is 0.435. The van der Waals surface area contributed by atoms with Crippen molar-refractivity contribution in [3.8, 4) is 17.0 Å². The van der Waals surface area contributed by atoms with Crippen LogP contribution in [0.4, 0.5) is 19.0 Å². The molecule has 2 fully saturated rings. The Hall–Kier alpha value is -3.22. The van der Waals surface area contributed by atoms with E-state index in [9.17, 15) is 18.0 Å². The summed E-state index contributed by atoms with van der Waals surface area (Å²) in [7, 11) is 0. The van der Waals surface area contributed by atoms with Gasteiger partial charge in [-0.3, -0.25) is 14.6 Å². The molecule has 210 valence electrons. The summed E-state index contributed by atoms with van der Waals surface area (Å²) in [6.07, 6.45) is -0.234. The Morgan fingerprint density at radius 1 is 1.05 bits per heavy atom. The van der Waals surface area contributed by atoms with Crippen LogP contribution in [0.1, 0.15) is 19.3 Å². The minimum absolute atomic E-state index is 0.262. The Bertz CT molecular complexity index is 1250. The van der Waals surface area contributed by atoms with E-state index in [1.54, 1.807) is 16.8 Å². The first-order valence-electron chi connectivity index (χ1n) is 13.3. The highest BCUT2D eigenvalue weighted by Gasteiger charge is 2.31. The molecule has 4 heterocycles. The lowest BCUT2D eigenvalue weighted by Gasteiger charge is -2.32. The minimum Gasteiger partial charge on any atom is -0.406 e. The van der Waals surface area contributed by atoms with E-state index in [0.717, 1.165) is 58.6 Å². The molecule has 2 saturated heterocycles. The van der Waals surface area contributed by atoms with Gasteiger partial charge in [0.2, 0.25) is 0 Å². The Labute approximate surface area is 224 Å². The maximum Gasteiger partial charge on any atom is 0.573 e. The van der Waals surface area contributed by atoms with Gasteiger partial charge in [0.15, 0.2) is 11.4 Å². The van der Waals surface area contributed by atoms with E-state index >= 15 is 0 Å². The van der Waals surface area contributed by atoms with Crippen LogP contribution in [0.25, 0.3) is 16.9 Å². The minimum atomic E-state index is -4.76. The van der Waals surface area contributed by atoms with Gasteiger partial charge < -0.3 is 14.8 Å². The fraction of sp³-hybridized carbons (Fsp3) is 0.519. The molecule has 0 bridgehead atoms. The Kier molecular flexibility index (Phi) is 8.63. The molecule has 3 aromatic rings. The second-order valence-electron chi connectivity index (χ2n) is 10.1. The van der Waals surface area contributed by atoms with Crippen molar-refractivity contribution in [2.75, 3.05) is 64.3 Å². The van der Waals surface area contributed by atoms with Gasteiger partial charge in [-0.2, -0.15) is 0 Å². The molecule has 0 radical (unpaired) electrons. The first kappa shape index (κ1) is 27.4. The van der Waals surface area contributed by atoms with Crippen LogP contribution in [0.5, 0.6) is 5.75 Å². The van der Waals surface area contributed by atoms with Crippen LogP contribution < -0.4 is 10.1 Å². The zero-order valence-electron chi connectivity index (χ0n) is 21.7. The number of alkyl halides is 3. The lowest BCUT2D eigenvalue weighted by Crippen LogP contribution is -2.42. The van der Waals surface area contributed by atoms with E-state index in [4.69, 9.17) is 4.74 Å². The molecule has 39 heavy (non-hydrogen) atoms. The van der Waals surface area contributed by atoms with Crippen molar-refractivity contribution in [3.63, 3.8) is 0 Å². The molecule has 2 aromatic heterocycles. The molecule has 0 aliphatic carbocycles. The lowest BCUT2D eigenvalue weighted by molar-refractivity contribution is -0.274. The van der Waals surface area contributed by atoms with Gasteiger partial charge in [0.1, 0.15) is 11.6 Å². The summed E-state index contributed by atoms with van der Waals surface area (Å²) in [5.41, 5.74) is 1.66. The SMILES string of the molecule is O=C(CN1CCCOCC1)CN1CCC(CNc2ccc3ncc(-c4cccc(OC(F)(F)F)c4)n3n2)CC1. The first-order valence-corrected chi connectivity index (χ1v) is 13.3. The van der Waals surface area contributed by atoms with Crippen LogP contribution in [0, 0.1) is 5.92 Å². The van der Waals surface area contributed by atoms with Crippen molar-refractivity contribution >= 4 is 17.2 Å². The number of Topliss-reactive ketones (excluding diaryl/α,β-unsaturated/α-hetero) is 1. The smallest absolute Gasteiger partial charge is 0.406 e. The largest absolute Gasteiger partial charge is 0.573 e. The number of ether oxygens (including phenoxy) is 2. The molecule has 1 N–H and O–H groups in total. The second kappa shape index (κ2) is 12.3. The van der Waals surface area contributed by atoms with Crippen molar-refractivity contribution in [2.45, 2.75) is 25.6 Å². The van der Waals surface area contributed by atoms with Crippen LogP contribution in [-0.2, 0) is 9.53 Å². The summed E-state index contributed by atoms with van der Waals surface area (Å²) in [6, 6.07) is 9.43. The van der Waals surface area contributed by atoms with E-state index in [1.807, 2.05) is 12.1 Å². The maximum atomic E-state index is 12.7. The fourth-order valence-corrected chi connectivity index (χ4v) is 5.12. The number of nitrogens with one attached hydrogen (secondary N) is 1. The van der Waals surface area contributed by atoms with E-state index in [2.05, 4.69) is 29.9 Å². The summed E-state index contributed by atoms with van der Waals surface area (Å²) < 4.78 is 49.1. The fourth-order valence-electron chi connectivity index (χ4n) is 5.12. The molecular formula is C27H33F3N6O3. The number of piperidine rings is 1. The summed E-state index contributed by atoms with van der Waals surface area (Å²) in [5, 5.41) is 8.02. The van der Waals surface area contributed by atoms with Crippen LogP contribution in [0.2, 0.25) is 0 Å². The molecule has 0 atom stereocenters. The molecule has 0 saturated carbocycles. The monoisotopic (exact) mass is 546 g/mol. The van der Waals surface area contributed by atoms with Gasteiger partial charge in [-0.05, 0) is 62.5 Å². The number of ketones is 1. The van der Waals surface area contributed by atoms with E-state index < -0.39 is 6.36 Å². The molecular weight excluding hydrogens is 513 g/mol. The van der Waals surface area contributed by atoms with Crippen LogP contribution in [0.15, 0.2) is 42.6 Å². The topological polar surface area (TPSA) is 84.2 Å². The molecule has 0 amide bonds. The molecule has 2 aliphatic rings. The van der Waals surface area contributed by atoms with Crippen LogP contribution in [-0.4, -0.2) is 95.6 Å². The van der Waals surface area contributed by atoms with Crippen molar-refractivity contribution in [1.29, 1.82) is 0 Å². The van der Waals surface area contributed by atoms with E-state index in [1.165, 1.54) is 18.2 Å². The number of imidazole rings is 1. The third-order valence-corrected chi connectivity index (χ3v) is 7.12. The van der Waals surface area contributed by atoms with Gasteiger partial charge in [0.05, 0.1) is 31.6 Å². The number of halogens is 3. The van der Waals surface area contributed by atoms with Gasteiger partial charge in [-0.25, -0.2) is 9.50 Å². The number of hydrogen-bond acceptors (Lipinski definition) is 8. The normalized spacial score (nSPS) is 18.2. The number of benzene rings is 1. The molecule has 0 unspecified atom stereocenters. The molecule has 0 spiro atoms. The Morgan fingerprint density at radius 2 is 1.85 bits per heavy atom. The number of carbonyl (C=O) groups excluding carboxylic acids is 1. The van der Waals surface area contributed by atoms with Gasteiger partial charge in [-0.1, -0.05) is 12.1 Å². The van der Waals surface area contributed by atoms with Gasteiger partial charge in [0.25, 0.3) is 0 Å². The maximum absolute atomic E-state index is 12.7. The predicted octanol–water partition coefficient (Wildman–Crippen LogP) is 3.71. The van der Waals surface area contributed by atoms with Crippen LogP contribution >= 0.6 is 0 Å². The third-order valence-electron chi connectivity index (χ3n) is 7.12. The van der Waals surface area contributed by atoms with E-state index in [0.29, 0.717) is 48.3 Å². The van der Waals surface area contributed by atoms with Gasteiger partial charge in [0, 0.05) is 31.8 Å². The highest BCUT2D eigenvalue weighted by atomic mass is 19.4. The van der Waals surface area contributed by atoms with Crippen molar-refractivity contribution < 1.29 is 27.4 Å². The highest BCUT2D eigenvalue weighted by Crippen LogP contribution is 2.28. The highest BCUT2D eigenvalue weighted by molar-refractivity contribution is 5.82. The molecule has 12 heteroatoms. The molecule has 5 rings (SSSR count). The number of rotatable bonds is 9. The first-order chi connectivity index (χ1) is 18.8. The number of likely N-dealkylation sites (tertiary alicyclic amines) is 1. The average molecular weight is 547 g/mol. The molecule has 1 aromatic carbocycles. The van der Waals surface area contributed by atoms with E-state index in [-0.39, 0.29) is 11.5 Å². The van der Waals surface area contributed by atoms with Gasteiger partial charge in [-0.15, -0.1) is 18.3 Å². The summed E-state index contributed by atoms with van der Waals surface area (Å²) in [6.45, 7) is 6.70. The number of nitrogens with zero attached hydrogens (tertiary/aromatic N) is 5. The summed E-state index contributed by atoms with van der Waals surface area (Å²) in [4.78, 5) is 21.3. The summed E-state index contributed by atoms with van der Waals surface area (Å²) in [5.74, 6) is 1.07. The predicted molar refractivity (Wildman–Crippen MR) is 140 cm³/mol. The number of fused-ring (bicyclic) bond motifs is 1. The second-order valence-corrected chi connectivity index (χ2v) is 10.1. The Balaban J connectivity index is 1.13. The number of hydrogen-bond donors (Lipinski definition) is 1. The van der Waals surface area contributed by atoms with Crippen molar-refractivity contribution in [3.05, 3.63) is 42.6 Å². The van der Waals surface area contributed by atoms with Gasteiger partial charge >= 0.3 is 6.36 Å². The number of aromatic nitrogens is 3. The standard InChI is InChI=1S/C27H33F3N6O3/c28-27(29,30)39-23-4-1-3-21(15-23)24-17-32-26-6-5-25(33-36(24)26)31-16-20-7-10-35(11-8-20)19-22(37)18-34-9-2-13-38-14-12-34/h1,3-6,15,17,20H,2,7-14,16,18-19H2,(H,31,33). The molecule has 9 nitrogen and oxygen atoms in total. The van der Waals surface area contributed by atoms with Crippen molar-refractivity contribution in [2.24, 2.45) is 5.92 Å². The number of anilines is 1. The zero-order chi connectivity index (χ0) is 27.2. The zero-order valence-corrected chi connectivity index (χ0v) is 21.7. The van der Waals surface area contributed by atoms with Crippen LogP contribution in [0.3, 0.4) is 0 Å². The third kappa shape index (κ3) is 7.68. The molecule has 2 aliphatic heterocycles. The summed E-state index contributed by atoms with van der Waals surface area (Å²) >= 11 is 0. The van der Waals surface area contributed by atoms with Crippen molar-refractivity contribution in [1.82, 2.24) is 24.4 Å².